The Morgan fingerprint density at radius 3 is 2.65 bits per heavy atom. The van der Waals surface area contributed by atoms with E-state index in [1.165, 1.54) is 25.3 Å². The Balaban J connectivity index is 1.82. The lowest BCUT2D eigenvalue weighted by atomic mass is 9.94. The van der Waals surface area contributed by atoms with Gasteiger partial charge >= 0.3 is 0 Å². The van der Waals surface area contributed by atoms with Gasteiger partial charge in [0.2, 0.25) is 0 Å². The molecule has 0 saturated heterocycles. The number of nitrogens with one attached hydrogen (secondary N) is 3. The molecule has 9 nitrogen and oxygen atoms in total. The lowest BCUT2D eigenvalue weighted by Gasteiger charge is -2.14. The number of anilines is 4. The van der Waals surface area contributed by atoms with Crippen LogP contribution in [-0.2, 0) is 4.79 Å². The van der Waals surface area contributed by atoms with Crippen LogP contribution in [0.5, 0.6) is 0 Å². The summed E-state index contributed by atoms with van der Waals surface area (Å²) in [7, 11) is 0. The number of carbonyl (C=O) groups is 1. The highest BCUT2D eigenvalue weighted by Crippen LogP contribution is 2.43. The number of nitrogen functional groups attached to an aromatic ring is 1. The van der Waals surface area contributed by atoms with E-state index < -0.39 is 29.8 Å². The number of hydrogen-bond donors (Lipinski definition) is 5. The second-order valence-electron chi connectivity index (χ2n) is 8.24. The first-order chi connectivity index (χ1) is 17.6. The third-order valence-corrected chi connectivity index (χ3v) is 5.89. The van der Waals surface area contributed by atoms with Crippen molar-refractivity contribution in [1.82, 2.24) is 9.97 Å². The van der Waals surface area contributed by atoms with Crippen LogP contribution in [0, 0.1) is 11.2 Å². The summed E-state index contributed by atoms with van der Waals surface area (Å²) in [6.07, 6.45) is -0.404. The molecule has 1 unspecified atom stereocenters. The van der Waals surface area contributed by atoms with Crippen molar-refractivity contribution in [2.75, 3.05) is 16.4 Å². The first-order valence-electron chi connectivity index (χ1n) is 11.1. The van der Waals surface area contributed by atoms with Gasteiger partial charge in [-0.05, 0) is 48.9 Å². The van der Waals surface area contributed by atoms with Crippen molar-refractivity contribution in [3.05, 3.63) is 82.2 Å². The van der Waals surface area contributed by atoms with Crippen LogP contribution >= 0.6 is 0 Å². The first-order valence-corrected chi connectivity index (χ1v) is 11.1. The van der Waals surface area contributed by atoms with Gasteiger partial charge < -0.3 is 27.5 Å². The van der Waals surface area contributed by atoms with Crippen LogP contribution in [0.4, 0.5) is 36.2 Å². The number of benzene rings is 1. The van der Waals surface area contributed by atoms with Crippen LogP contribution < -0.4 is 22.1 Å². The molecule has 1 atom stereocenters. The average molecular weight is 509 g/mol. The summed E-state index contributed by atoms with van der Waals surface area (Å²) in [5.41, 5.74) is 14.1. The normalized spacial score (nSPS) is 16.3. The number of allylic oxidation sites excluding steroid dienone is 1. The van der Waals surface area contributed by atoms with Crippen LogP contribution in [0.1, 0.15) is 48.6 Å². The number of rotatable bonds is 7. The van der Waals surface area contributed by atoms with Crippen LogP contribution in [0.25, 0.3) is 0 Å². The smallest absolute Gasteiger partial charge is 0.280 e. The number of pyridine rings is 2. The molecule has 190 valence electrons. The molecule has 0 spiro atoms. The van der Waals surface area contributed by atoms with Gasteiger partial charge in [0, 0.05) is 46.5 Å². The number of nitrogens with two attached hydrogens (primary N) is 2. The number of halogens is 3. The number of alkyl halides is 2. The molecule has 2 aromatic heterocycles. The Morgan fingerprint density at radius 2 is 2.00 bits per heavy atom. The molecule has 7 N–H and O–H groups in total. The number of nitrogens with zero attached hydrogens (tertiary/aromatic N) is 3. The predicted molar refractivity (Wildman–Crippen MR) is 136 cm³/mol. The molecule has 0 aliphatic carbocycles. The average Bonchev–Trinajstić information content (AvgIpc) is 3.19. The number of aliphatic imine (C=N–C) groups is 1. The minimum Gasteiger partial charge on any atom is -0.398 e. The van der Waals surface area contributed by atoms with Crippen molar-refractivity contribution in [3.8, 4) is 0 Å². The Kier molecular flexibility index (Phi) is 6.92. The standard InChI is InChI=1S/C25H23F3N8O/c1-11-19-14(10-29)16(30)6-8-17(19)34-20(11)21(23(31)37)33-12(2)13-5-7-18(22(27)28)35-24(13)36-25-15(26)4-3-9-32-25/h3-11,22,29,34H,30H2,1-2H3,(H2,31,37)(H,32,35,36)/b21-20+,29-10?,33-12?. The summed E-state index contributed by atoms with van der Waals surface area (Å²) in [6, 6.07) is 8.36. The van der Waals surface area contributed by atoms with Crippen molar-refractivity contribution in [3.63, 3.8) is 0 Å². The second kappa shape index (κ2) is 10.1. The van der Waals surface area contributed by atoms with Crippen LogP contribution in [0.3, 0.4) is 0 Å². The van der Waals surface area contributed by atoms with Crippen LogP contribution in [-0.4, -0.2) is 27.8 Å². The van der Waals surface area contributed by atoms with Crippen molar-refractivity contribution >= 4 is 40.8 Å². The maximum atomic E-state index is 14.2. The zero-order valence-corrected chi connectivity index (χ0v) is 19.8. The molecular weight excluding hydrogens is 485 g/mol. The number of primary amides is 1. The first kappa shape index (κ1) is 25.4. The molecule has 1 aliphatic rings. The molecule has 4 rings (SSSR count). The van der Waals surface area contributed by atoms with Crippen molar-refractivity contribution in [1.29, 1.82) is 5.41 Å². The largest absolute Gasteiger partial charge is 0.398 e. The number of carbonyl (C=O) groups excluding carboxylic acids is 1. The molecule has 1 aromatic carbocycles. The van der Waals surface area contributed by atoms with E-state index in [0.717, 1.165) is 18.3 Å². The third-order valence-electron chi connectivity index (χ3n) is 5.89. The second-order valence-corrected chi connectivity index (χ2v) is 8.24. The van der Waals surface area contributed by atoms with Crippen molar-refractivity contribution < 1.29 is 18.0 Å². The van der Waals surface area contributed by atoms with Crippen LogP contribution in [0.2, 0.25) is 0 Å². The molecule has 0 saturated carbocycles. The van der Waals surface area contributed by atoms with Crippen molar-refractivity contribution in [2.24, 2.45) is 10.7 Å². The lowest BCUT2D eigenvalue weighted by Crippen LogP contribution is -2.19. The molecule has 3 aromatic rings. The van der Waals surface area contributed by atoms with Gasteiger partial charge in [0.05, 0.1) is 5.70 Å². The molecule has 12 heteroatoms. The summed E-state index contributed by atoms with van der Waals surface area (Å²) >= 11 is 0. The topological polar surface area (TPSA) is 155 Å². The molecular formula is C25H23F3N8O. The van der Waals surface area contributed by atoms with Gasteiger partial charge in [0.25, 0.3) is 12.3 Å². The number of fused-ring (bicyclic) bond motifs is 1. The number of aromatic nitrogens is 2. The fourth-order valence-corrected chi connectivity index (χ4v) is 4.10. The summed E-state index contributed by atoms with van der Waals surface area (Å²) < 4.78 is 41.0. The Bertz CT molecular complexity index is 1470. The fraction of sp³-hybridized carbons (Fsp3) is 0.160. The predicted octanol–water partition coefficient (Wildman–Crippen LogP) is 4.61. The Hall–Kier alpha value is -4.74. The van der Waals surface area contributed by atoms with E-state index in [1.807, 2.05) is 6.92 Å². The van der Waals surface area contributed by atoms with E-state index in [0.29, 0.717) is 28.2 Å². The Labute approximate surface area is 210 Å². The molecule has 1 aliphatic heterocycles. The van der Waals surface area contributed by atoms with E-state index in [1.54, 1.807) is 12.1 Å². The zero-order chi connectivity index (χ0) is 26.9. The summed E-state index contributed by atoms with van der Waals surface area (Å²) in [5.74, 6) is -2.31. The summed E-state index contributed by atoms with van der Waals surface area (Å²) in [6.45, 7) is 3.35. The Morgan fingerprint density at radius 1 is 1.24 bits per heavy atom. The highest BCUT2D eigenvalue weighted by atomic mass is 19.3. The fourth-order valence-electron chi connectivity index (χ4n) is 4.10. The maximum absolute atomic E-state index is 14.2. The van der Waals surface area contributed by atoms with E-state index in [9.17, 15) is 18.0 Å². The molecule has 1 amide bonds. The minimum atomic E-state index is -2.87. The third kappa shape index (κ3) is 4.85. The molecule has 0 bridgehead atoms. The molecule has 3 heterocycles. The van der Waals surface area contributed by atoms with Gasteiger partial charge in [0.1, 0.15) is 17.2 Å². The molecule has 0 fully saturated rings. The van der Waals surface area contributed by atoms with Crippen molar-refractivity contribution in [2.45, 2.75) is 26.2 Å². The molecule has 37 heavy (non-hydrogen) atoms. The van der Waals surface area contributed by atoms with Gasteiger partial charge in [-0.3, -0.25) is 4.79 Å². The van der Waals surface area contributed by atoms with E-state index >= 15 is 0 Å². The highest BCUT2D eigenvalue weighted by molar-refractivity contribution is 6.07. The molecule has 0 radical (unpaired) electrons. The van der Waals surface area contributed by atoms with Gasteiger partial charge in [0.15, 0.2) is 11.6 Å². The zero-order valence-electron chi connectivity index (χ0n) is 19.8. The summed E-state index contributed by atoms with van der Waals surface area (Å²) in [4.78, 5) is 24.7. The monoisotopic (exact) mass is 508 g/mol. The van der Waals surface area contributed by atoms with E-state index in [4.69, 9.17) is 16.9 Å². The number of amides is 1. The lowest BCUT2D eigenvalue weighted by molar-refractivity contribution is -0.114. The minimum absolute atomic E-state index is 0.108. The van der Waals surface area contributed by atoms with Gasteiger partial charge in [-0.25, -0.2) is 28.1 Å². The quantitative estimate of drug-likeness (QED) is 0.178. The van der Waals surface area contributed by atoms with Gasteiger partial charge in [-0.15, -0.1) is 0 Å². The maximum Gasteiger partial charge on any atom is 0.280 e. The highest BCUT2D eigenvalue weighted by Gasteiger charge is 2.31. The van der Waals surface area contributed by atoms with Gasteiger partial charge in [-0.2, -0.15) is 0 Å². The van der Waals surface area contributed by atoms with Crippen LogP contribution in [0.15, 0.2) is 59.0 Å². The van der Waals surface area contributed by atoms with E-state index in [2.05, 4.69) is 25.6 Å². The van der Waals surface area contributed by atoms with Gasteiger partial charge in [-0.1, -0.05) is 6.92 Å². The summed E-state index contributed by atoms with van der Waals surface area (Å²) in [5, 5.41) is 13.5. The number of hydrogen-bond acceptors (Lipinski definition) is 8. The van der Waals surface area contributed by atoms with E-state index in [-0.39, 0.29) is 28.6 Å². The SMILES string of the molecule is CC(=N/C(C(N)=O)=C1/Nc2ccc(N)c(C=N)c2C1C)c1ccc(C(F)F)nc1Nc1ncccc1F.